The zero-order valence-electron chi connectivity index (χ0n) is 18.0. The summed E-state index contributed by atoms with van der Waals surface area (Å²) in [6.45, 7) is 9.40. The highest BCUT2D eigenvalue weighted by Crippen LogP contribution is 2.22. The van der Waals surface area contributed by atoms with E-state index in [9.17, 15) is 19.5 Å². The van der Waals surface area contributed by atoms with E-state index in [2.05, 4.69) is 37.8 Å². The van der Waals surface area contributed by atoms with Gasteiger partial charge in [-0.1, -0.05) is 45.0 Å². The number of Topliss-reactive ketones (excluding diaryl/α,β-unsaturated/α-hetero) is 1. The van der Waals surface area contributed by atoms with Crippen molar-refractivity contribution < 1.29 is 29.7 Å². The number of aliphatic hydroxyl groups excluding tert-OH is 1. The van der Waals surface area contributed by atoms with Gasteiger partial charge in [-0.3, -0.25) is 4.79 Å². The molecular formula is C23H33NO6. The second-order valence-corrected chi connectivity index (χ2v) is 8.44. The summed E-state index contributed by atoms with van der Waals surface area (Å²) >= 11 is 0. The van der Waals surface area contributed by atoms with Gasteiger partial charge in [0.25, 0.3) is 0 Å². The Labute approximate surface area is 178 Å². The molecule has 7 heteroatoms. The third kappa shape index (κ3) is 10.3. The summed E-state index contributed by atoms with van der Waals surface area (Å²) in [4.78, 5) is 33.7. The van der Waals surface area contributed by atoms with Crippen LogP contribution in [0.1, 0.15) is 62.4 Å². The number of rotatable bonds is 7. The molecule has 30 heavy (non-hydrogen) atoms. The van der Waals surface area contributed by atoms with E-state index < -0.39 is 11.9 Å². The van der Waals surface area contributed by atoms with Crippen LogP contribution >= 0.6 is 0 Å². The van der Waals surface area contributed by atoms with E-state index in [1.165, 1.54) is 5.56 Å². The van der Waals surface area contributed by atoms with Crippen molar-refractivity contribution in [2.45, 2.75) is 58.0 Å². The third-order valence-corrected chi connectivity index (χ3v) is 4.88. The lowest BCUT2D eigenvalue weighted by atomic mass is 9.86. The van der Waals surface area contributed by atoms with Crippen molar-refractivity contribution in [1.29, 1.82) is 0 Å². The maximum atomic E-state index is 12.2. The van der Waals surface area contributed by atoms with Crippen molar-refractivity contribution in [1.82, 2.24) is 4.90 Å². The number of aliphatic hydroxyl groups is 1. The monoisotopic (exact) mass is 419 g/mol. The molecule has 1 aliphatic rings. The van der Waals surface area contributed by atoms with Crippen LogP contribution in [0.3, 0.4) is 0 Å². The molecule has 1 aromatic carbocycles. The third-order valence-electron chi connectivity index (χ3n) is 4.88. The van der Waals surface area contributed by atoms with Crippen LogP contribution in [0.5, 0.6) is 0 Å². The van der Waals surface area contributed by atoms with Crippen molar-refractivity contribution in [2.75, 3.05) is 19.6 Å². The Morgan fingerprint density at radius 1 is 1.00 bits per heavy atom. The molecule has 1 saturated heterocycles. The Morgan fingerprint density at radius 2 is 1.50 bits per heavy atom. The molecule has 0 bridgehead atoms. The van der Waals surface area contributed by atoms with Gasteiger partial charge in [0.1, 0.15) is 0 Å². The van der Waals surface area contributed by atoms with Crippen LogP contribution in [0, 0.1) is 0 Å². The molecule has 0 radical (unpaired) electrons. The van der Waals surface area contributed by atoms with Crippen molar-refractivity contribution in [2.24, 2.45) is 0 Å². The molecule has 0 atom stereocenters. The van der Waals surface area contributed by atoms with E-state index in [-0.39, 0.29) is 17.3 Å². The highest BCUT2D eigenvalue weighted by Gasteiger charge is 2.17. The van der Waals surface area contributed by atoms with Crippen molar-refractivity contribution in [3.05, 3.63) is 47.5 Å². The highest BCUT2D eigenvalue weighted by atomic mass is 16.4. The van der Waals surface area contributed by atoms with Crippen LogP contribution in [0.25, 0.3) is 0 Å². The number of piperidine rings is 1. The van der Waals surface area contributed by atoms with Gasteiger partial charge >= 0.3 is 11.9 Å². The number of likely N-dealkylation sites (tertiary alicyclic amines) is 1. The van der Waals surface area contributed by atoms with Gasteiger partial charge in [-0.05, 0) is 36.8 Å². The number of aliphatic carboxylic acids is 2. The summed E-state index contributed by atoms with van der Waals surface area (Å²) in [5, 5.41) is 25.1. The number of nitrogens with zero attached hydrogens (tertiary/aromatic N) is 1. The average molecular weight is 420 g/mol. The van der Waals surface area contributed by atoms with Crippen molar-refractivity contribution in [3.63, 3.8) is 0 Å². The largest absolute Gasteiger partial charge is 0.478 e. The van der Waals surface area contributed by atoms with Crippen molar-refractivity contribution in [3.8, 4) is 0 Å². The predicted octanol–water partition coefficient (Wildman–Crippen LogP) is 3.12. The van der Waals surface area contributed by atoms with Gasteiger partial charge in [-0.15, -0.1) is 0 Å². The maximum Gasteiger partial charge on any atom is 0.328 e. The van der Waals surface area contributed by atoms with Crippen LogP contribution < -0.4 is 0 Å². The lowest BCUT2D eigenvalue weighted by molar-refractivity contribution is -0.134. The lowest BCUT2D eigenvalue weighted by Crippen LogP contribution is -2.36. The van der Waals surface area contributed by atoms with Crippen LogP contribution in [-0.2, 0) is 15.0 Å². The number of ketones is 1. The second kappa shape index (κ2) is 12.2. The molecule has 2 rings (SSSR count). The molecule has 3 N–H and O–H groups in total. The molecule has 1 fully saturated rings. The number of hydrogen-bond acceptors (Lipinski definition) is 5. The summed E-state index contributed by atoms with van der Waals surface area (Å²) in [5.41, 5.74) is 2.21. The molecule has 1 aliphatic heterocycles. The van der Waals surface area contributed by atoms with E-state index in [0.717, 1.165) is 44.5 Å². The molecule has 1 heterocycles. The Hall–Kier alpha value is -2.51. The van der Waals surface area contributed by atoms with E-state index in [4.69, 9.17) is 10.2 Å². The zero-order valence-corrected chi connectivity index (χ0v) is 18.0. The molecule has 0 unspecified atom stereocenters. The molecule has 0 aromatic heterocycles. The number of hydrogen-bond donors (Lipinski definition) is 3. The topological polar surface area (TPSA) is 115 Å². The number of carboxylic acids is 2. The van der Waals surface area contributed by atoms with Gasteiger partial charge in [0.2, 0.25) is 0 Å². The maximum absolute atomic E-state index is 12.2. The van der Waals surface area contributed by atoms with Crippen LogP contribution in [0.2, 0.25) is 0 Å². The van der Waals surface area contributed by atoms with Crippen molar-refractivity contribution >= 4 is 17.7 Å². The molecule has 0 amide bonds. The van der Waals surface area contributed by atoms with E-state index in [0.29, 0.717) is 18.6 Å². The summed E-state index contributed by atoms with van der Waals surface area (Å²) in [5.74, 6) is -2.28. The van der Waals surface area contributed by atoms with Gasteiger partial charge in [-0.2, -0.15) is 0 Å². The number of carboxylic acid groups (broad SMARTS) is 2. The molecule has 1 aromatic rings. The van der Waals surface area contributed by atoms with Gasteiger partial charge in [-0.25, -0.2) is 9.59 Å². The quantitative estimate of drug-likeness (QED) is 0.459. The SMILES string of the molecule is CC(C)(C)c1ccc(C(=O)CCCN2CCC(O)CC2)cc1.O=C(O)C=CC(=O)O. The molecule has 0 saturated carbocycles. The molecule has 7 nitrogen and oxygen atoms in total. The average Bonchev–Trinajstić information content (AvgIpc) is 2.68. The zero-order chi connectivity index (χ0) is 22.7. The van der Waals surface area contributed by atoms with Gasteiger partial charge in [0.15, 0.2) is 5.78 Å². The first-order valence-corrected chi connectivity index (χ1v) is 10.2. The standard InChI is InChI=1S/C19H29NO2.C4H4O4/c1-19(2,3)16-8-6-15(7-9-16)18(22)5-4-12-20-13-10-17(21)11-14-20;5-3(6)1-2-4(7)8/h6-9,17,21H,4-5,10-14H2,1-3H3;1-2H,(H,5,6)(H,7,8). The highest BCUT2D eigenvalue weighted by molar-refractivity contribution is 5.96. The fourth-order valence-electron chi connectivity index (χ4n) is 3.05. The van der Waals surface area contributed by atoms with Crippen LogP contribution in [-0.4, -0.2) is 63.7 Å². The molecule has 166 valence electrons. The van der Waals surface area contributed by atoms with E-state index >= 15 is 0 Å². The smallest absolute Gasteiger partial charge is 0.328 e. The molecular weight excluding hydrogens is 386 g/mol. The number of carbonyl (C=O) groups excluding carboxylic acids is 1. The summed E-state index contributed by atoms with van der Waals surface area (Å²) in [6.07, 6.45) is 4.22. The number of benzene rings is 1. The summed E-state index contributed by atoms with van der Waals surface area (Å²) in [7, 11) is 0. The Balaban J connectivity index is 0.000000479. The number of carbonyl (C=O) groups is 3. The molecule has 0 spiro atoms. The predicted molar refractivity (Wildman–Crippen MR) is 115 cm³/mol. The minimum Gasteiger partial charge on any atom is -0.478 e. The Bertz CT molecular complexity index is 709. The Morgan fingerprint density at radius 3 is 1.93 bits per heavy atom. The van der Waals surface area contributed by atoms with Gasteiger partial charge in [0, 0.05) is 37.2 Å². The fraction of sp³-hybridized carbons (Fsp3) is 0.522. The van der Waals surface area contributed by atoms with E-state index in [1.54, 1.807) is 0 Å². The summed E-state index contributed by atoms with van der Waals surface area (Å²) in [6, 6.07) is 8.05. The van der Waals surface area contributed by atoms with Crippen LogP contribution in [0.15, 0.2) is 36.4 Å². The fourth-order valence-corrected chi connectivity index (χ4v) is 3.05. The second-order valence-electron chi connectivity index (χ2n) is 8.44. The minimum absolute atomic E-state index is 0.125. The van der Waals surface area contributed by atoms with Gasteiger partial charge in [0.05, 0.1) is 6.10 Å². The van der Waals surface area contributed by atoms with Crippen LogP contribution in [0.4, 0.5) is 0 Å². The first-order valence-electron chi connectivity index (χ1n) is 10.2. The lowest BCUT2D eigenvalue weighted by Gasteiger charge is -2.29. The first kappa shape index (κ1) is 25.5. The summed E-state index contributed by atoms with van der Waals surface area (Å²) < 4.78 is 0. The molecule has 0 aliphatic carbocycles. The van der Waals surface area contributed by atoms with Gasteiger partial charge < -0.3 is 20.2 Å². The Kier molecular flexibility index (Phi) is 10.4. The van der Waals surface area contributed by atoms with E-state index in [1.807, 2.05) is 12.1 Å². The first-order chi connectivity index (χ1) is 14.0. The normalized spacial score (nSPS) is 15.5. The minimum atomic E-state index is -1.26.